The number of aryl methyl sites for hydroxylation is 1. The normalized spacial score (nSPS) is 13.6. The highest BCUT2D eigenvalue weighted by atomic mass is 32.2. The molecule has 10 heteroatoms. The van der Waals surface area contributed by atoms with Crippen molar-refractivity contribution in [2.24, 2.45) is 7.05 Å². The number of benzene rings is 1. The van der Waals surface area contributed by atoms with Gasteiger partial charge in [0, 0.05) is 43.1 Å². The maximum Gasteiger partial charge on any atom is 0.314 e. The molecule has 1 aliphatic heterocycles. The summed E-state index contributed by atoms with van der Waals surface area (Å²) in [6, 6.07) is 10.8. The number of imidazole rings is 1. The van der Waals surface area contributed by atoms with E-state index in [4.69, 9.17) is 4.74 Å². The van der Waals surface area contributed by atoms with Gasteiger partial charge in [-0.05, 0) is 36.4 Å². The first-order chi connectivity index (χ1) is 15.1. The van der Waals surface area contributed by atoms with Crippen molar-refractivity contribution >= 4 is 40.8 Å². The third-order valence-corrected chi connectivity index (χ3v) is 5.73. The van der Waals surface area contributed by atoms with Crippen LogP contribution in [-0.2, 0) is 21.4 Å². The molecule has 1 fully saturated rings. The number of pyridine rings is 1. The molecule has 2 aromatic heterocycles. The van der Waals surface area contributed by atoms with Gasteiger partial charge in [-0.2, -0.15) is 0 Å². The van der Waals surface area contributed by atoms with Gasteiger partial charge in [-0.3, -0.25) is 9.59 Å². The third kappa shape index (κ3) is 5.41. The van der Waals surface area contributed by atoms with Crippen molar-refractivity contribution in [1.82, 2.24) is 14.5 Å². The van der Waals surface area contributed by atoms with Crippen molar-refractivity contribution in [2.45, 2.75) is 10.1 Å². The lowest BCUT2D eigenvalue weighted by atomic mass is 10.3. The molecular weight excluding hydrogens is 416 g/mol. The average Bonchev–Trinajstić information content (AvgIpc) is 3.20. The predicted octanol–water partition coefficient (Wildman–Crippen LogP) is 2.38. The summed E-state index contributed by atoms with van der Waals surface area (Å²) in [4.78, 5) is 36.2. The molecule has 2 N–H and O–H groups in total. The Hall–Kier alpha value is -3.37. The van der Waals surface area contributed by atoms with Gasteiger partial charge in [-0.1, -0.05) is 11.8 Å². The lowest BCUT2D eigenvalue weighted by molar-refractivity contribution is -0.133. The molecule has 0 radical (unpaired) electrons. The van der Waals surface area contributed by atoms with Gasteiger partial charge < -0.3 is 24.8 Å². The average molecular weight is 439 g/mol. The van der Waals surface area contributed by atoms with E-state index in [1.165, 1.54) is 11.8 Å². The molecule has 0 atom stereocenters. The first-order valence-corrected chi connectivity index (χ1v) is 10.6. The van der Waals surface area contributed by atoms with E-state index in [-0.39, 0.29) is 0 Å². The van der Waals surface area contributed by atoms with E-state index < -0.39 is 11.8 Å². The molecule has 0 aliphatic carbocycles. The molecule has 9 nitrogen and oxygen atoms in total. The summed E-state index contributed by atoms with van der Waals surface area (Å²) in [6.45, 7) is 2.90. The van der Waals surface area contributed by atoms with Crippen LogP contribution in [0, 0.1) is 0 Å². The van der Waals surface area contributed by atoms with E-state index >= 15 is 0 Å². The fraction of sp³-hybridized carbons (Fsp3) is 0.238. The first-order valence-electron chi connectivity index (χ1n) is 9.75. The smallest absolute Gasteiger partial charge is 0.314 e. The number of nitrogens with zero attached hydrogens (tertiary/aromatic N) is 4. The van der Waals surface area contributed by atoms with Crippen molar-refractivity contribution in [2.75, 3.05) is 41.8 Å². The van der Waals surface area contributed by atoms with Crippen molar-refractivity contribution in [1.29, 1.82) is 0 Å². The SMILES string of the molecule is Cn1ccnc1Sc1ccc(NC(=O)C(=O)Nc2ccc(N3CCOCC3)nc2)cc1. The molecular formula is C21H22N6O3S. The molecule has 4 rings (SSSR count). The molecule has 3 aromatic rings. The molecule has 160 valence electrons. The Morgan fingerprint density at radius 1 is 0.968 bits per heavy atom. The molecule has 0 saturated carbocycles. The summed E-state index contributed by atoms with van der Waals surface area (Å²) >= 11 is 1.51. The summed E-state index contributed by atoms with van der Waals surface area (Å²) < 4.78 is 7.26. The third-order valence-electron chi connectivity index (χ3n) is 4.65. The molecule has 3 heterocycles. The number of amides is 2. The summed E-state index contributed by atoms with van der Waals surface area (Å²) in [7, 11) is 1.92. The van der Waals surface area contributed by atoms with Crippen LogP contribution in [0.15, 0.2) is 65.0 Å². The van der Waals surface area contributed by atoms with Crippen LogP contribution < -0.4 is 15.5 Å². The highest BCUT2D eigenvalue weighted by molar-refractivity contribution is 7.99. The van der Waals surface area contributed by atoms with Gasteiger partial charge in [0.25, 0.3) is 0 Å². The Balaban J connectivity index is 1.30. The first kappa shape index (κ1) is 20.9. The molecule has 0 spiro atoms. The Morgan fingerprint density at radius 3 is 2.26 bits per heavy atom. The molecule has 0 bridgehead atoms. The Labute approximate surface area is 183 Å². The van der Waals surface area contributed by atoms with Crippen LogP contribution in [-0.4, -0.2) is 52.7 Å². The second-order valence-electron chi connectivity index (χ2n) is 6.86. The zero-order valence-corrected chi connectivity index (χ0v) is 17.8. The molecule has 1 saturated heterocycles. The number of anilines is 3. The number of ether oxygens (including phenoxy) is 1. The highest BCUT2D eigenvalue weighted by Crippen LogP contribution is 2.26. The maximum absolute atomic E-state index is 12.2. The standard InChI is InChI=1S/C21H22N6O3S/c1-26-9-8-22-21(26)31-17-5-2-15(3-6-17)24-19(28)20(29)25-16-4-7-18(23-14-16)27-10-12-30-13-11-27/h2-9,14H,10-13H2,1H3,(H,24,28)(H,25,29). The minimum Gasteiger partial charge on any atom is -0.378 e. The number of carbonyl (C=O) groups is 2. The topological polar surface area (TPSA) is 101 Å². The van der Waals surface area contributed by atoms with Crippen LogP contribution in [0.5, 0.6) is 0 Å². The van der Waals surface area contributed by atoms with Crippen LogP contribution in [0.3, 0.4) is 0 Å². The summed E-state index contributed by atoms with van der Waals surface area (Å²) in [5.41, 5.74) is 0.990. The molecule has 1 aliphatic rings. The minimum atomic E-state index is -0.757. The number of aromatic nitrogens is 3. The van der Waals surface area contributed by atoms with E-state index in [0.717, 1.165) is 29.0 Å². The molecule has 1 aromatic carbocycles. The van der Waals surface area contributed by atoms with Gasteiger partial charge in [0.1, 0.15) is 5.82 Å². The highest BCUT2D eigenvalue weighted by Gasteiger charge is 2.16. The Kier molecular flexibility index (Phi) is 6.48. The van der Waals surface area contributed by atoms with Crippen LogP contribution >= 0.6 is 11.8 Å². The number of morpholine rings is 1. The molecule has 31 heavy (non-hydrogen) atoms. The minimum absolute atomic E-state index is 0.457. The van der Waals surface area contributed by atoms with Crippen molar-refractivity contribution in [3.05, 3.63) is 55.0 Å². The van der Waals surface area contributed by atoms with Gasteiger partial charge in [0.2, 0.25) is 0 Å². The summed E-state index contributed by atoms with van der Waals surface area (Å²) in [5.74, 6) is -0.691. The van der Waals surface area contributed by atoms with E-state index in [1.807, 2.05) is 36.0 Å². The molecule has 2 amide bonds. The number of carbonyl (C=O) groups excluding carboxylic acids is 2. The van der Waals surface area contributed by atoms with E-state index in [2.05, 4.69) is 25.5 Å². The Morgan fingerprint density at radius 2 is 1.65 bits per heavy atom. The van der Waals surface area contributed by atoms with Crippen molar-refractivity contribution in [3.63, 3.8) is 0 Å². The zero-order valence-electron chi connectivity index (χ0n) is 16.9. The van der Waals surface area contributed by atoms with E-state index in [9.17, 15) is 9.59 Å². The summed E-state index contributed by atoms with van der Waals surface area (Å²) in [5, 5.41) is 6.03. The van der Waals surface area contributed by atoms with Gasteiger partial charge in [-0.15, -0.1) is 0 Å². The van der Waals surface area contributed by atoms with Crippen molar-refractivity contribution in [3.8, 4) is 0 Å². The van der Waals surface area contributed by atoms with Gasteiger partial charge in [0.05, 0.1) is 25.1 Å². The number of hydrogen-bond donors (Lipinski definition) is 2. The second kappa shape index (κ2) is 9.63. The lowest BCUT2D eigenvalue weighted by Gasteiger charge is -2.27. The van der Waals surface area contributed by atoms with Gasteiger partial charge >= 0.3 is 11.8 Å². The monoisotopic (exact) mass is 438 g/mol. The van der Waals surface area contributed by atoms with Crippen LogP contribution in [0.1, 0.15) is 0 Å². The van der Waals surface area contributed by atoms with Gasteiger partial charge in [-0.25, -0.2) is 9.97 Å². The van der Waals surface area contributed by atoms with E-state index in [0.29, 0.717) is 24.6 Å². The largest absolute Gasteiger partial charge is 0.378 e. The van der Waals surface area contributed by atoms with Crippen LogP contribution in [0.2, 0.25) is 0 Å². The number of rotatable bonds is 5. The zero-order chi connectivity index (χ0) is 21.6. The molecule has 0 unspecified atom stereocenters. The van der Waals surface area contributed by atoms with Crippen LogP contribution in [0.4, 0.5) is 17.2 Å². The van der Waals surface area contributed by atoms with Gasteiger partial charge in [0.15, 0.2) is 5.16 Å². The second-order valence-corrected chi connectivity index (χ2v) is 7.90. The predicted molar refractivity (Wildman–Crippen MR) is 118 cm³/mol. The van der Waals surface area contributed by atoms with Crippen molar-refractivity contribution < 1.29 is 14.3 Å². The van der Waals surface area contributed by atoms with Crippen LogP contribution in [0.25, 0.3) is 0 Å². The lowest BCUT2D eigenvalue weighted by Crippen LogP contribution is -2.36. The quantitative estimate of drug-likeness (QED) is 0.590. The maximum atomic E-state index is 12.2. The summed E-state index contributed by atoms with van der Waals surface area (Å²) in [6.07, 6.45) is 5.15. The Bertz CT molecular complexity index is 1050. The van der Waals surface area contributed by atoms with E-state index in [1.54, 1.807) is 30.6 Å². The fourth-order valence-corrected chi connectivity index (χ4v) is 3.78. The number of hydrogen-bond acceptors (Lipinski definition) is 7. The number of nitrogens with one attached hydrogen (secondary N) is 2. The fourth-order valence-electron chi connectivity index (χ4n) is 2.98.